The van der Waals surface area contributed by atoms with Crippen molar-refractivity contribution in [2.24, 2.45) is 0 Å². The molecule has 1 saturated carbocycles. The average molecular weight is 604 g/mol. The van der Waals surface area contributed by atoms with E-state index >= 15 is 0 Å². The molecule has 228 valence electrons. The van der Waals surface area contributed by atoms with Crippen molar-refractivity contribution < 1.29 is 13.2 Å². The first-order chi connectivity index (χ1) is 20.7. The van der Waals surface area contributed by atoms with E-state index in [1.54, 1.807) is 7.05 Å². The summed E-state index contributed by atoms with van der Waals surface area (Å²) < 4.78 is 30.6. The number of ketones is 1. The van der Waals surface area contributed by atoms with Crippen molar-refractivity contribution in [1.82, 2.24) is 19.2 Å². The number of Topliss-reactive ketones (excluding diaryl/α,β-unsaturated/α-hetero) is 1. The lowest BCUT2D eigenvalue weighted by atomic mass is 9.92. The molecule has 2 saturated heterocycles. The van der Waals surface area contributed by atoms with Gasteiger partial charge in [0.25, 0.3) is 0 Å². The molecule has 0 bridgehead atoms. The van der Waals surface area contributed by atoms with E-state index in [2.05, 4.69) is 25.5 Å². The van der Waals surface area contributed by atoms with E-state index in [1.165, 1.54) is 36.7 Å². The van der Waals surface area contributed by atoms with Gasteiger partial charge in [0.15, 0.2) is 5.82 Å². The maximum atomic E-state index is 13.2. The number of piperidine rings is 2. The molecule has 3 aliphatic heterocycles. The number of carbonyl (C=O) groups excluding carboxylic acids is 1. The Balaban J connectivity index is 1.24. The summed E-state index contributed by atoms with van der Waals surface area (Å²) in [5.41, 5.74) is 4.70. The number of rotatable bonds is 7. The van der Waals surface area contributed by atoms with Crippen molar-refractivity contribution in [3.05, 3.63) is 42.2 Å². The molecule has 1 N–H and O–H groups in total. The largest absolute Gasteiger partial charge is 0.372 e. The van der Waals surface area contributed by atoms with Gasteiger partial charge in [-0.1, -0.05) is 19.4 Å². The molecule has 0 amide bonds. The number of pyridine rings is 2. The third-order valence-corrected chi connectivity index (χ3v) is 11.6. The summed E-state index contributed by atoms with van der Waals surface area (Å²) in [6.45, 7) is 6.90. The normalized spacial score (nSPS) is 23.0. The minimum absolute atomic E-state index is 0.280. The number of nitrogens with one attached hydrogen (secondary N) is 1. The quantitative estimate of drug-likeness (QED) is 0.432. The molecule has 1 unspecified atom stereocenters. The highest BCUT2D eigenvalue weighted by molar-refractivity contribution is 7.90. The van der Waals surface area contributed by atoms with Crippen LogP contribution in [0.15, 0.2) is 36.7 Å². The summed E-state index contributed by atoms with van der Waals surface area (Å²) in [4.78, 5) is 29.2. The van der Waals surface area contributed by atoms with E-state index < -0.39 is 15.6 Å². The standard InChI is InChI=1S/C32H41N7O3S/c1-4-37(3)43(41,42)35-27-17-23(19-34-31(27)39-14-10-24(11-15-39)38-12-6-5-7-13-38)22-8-9-26-25(16-22)30-28(20-33-26)36(2)21-32(30)18-29(32)40/h8-9,16-17,19-20,24,35H,4-7,10-15,18,21H2,1-3H3. The number of hydrogen-bond acceptors (Lipinski definition) is 8. The molecule has 4 aliphatic rings. The van der Waals surface area contributed by atoms with Crippen LogP contribution in [0.25, 0.3) is 22.0 Å². The number of fused-ring (bicyclic) bond motifs is 4. The molecule has 5 heterocycles. The molecule has 1 aromatic carbocycles. The van der Waals surface area contributed by atoms with Crippen LogP contribution >= 0.6 is 0 Å². The predicted octanol–water partition coefficient (Wildman–Crippen LogP) is 4.02. The van der Waals surface area contributed by atoms with Gasteiger partial charge in [-0.2, -0.15) is 12.7 Å². The summed E-state index contributed by atoms with van der Waals surface area (Å²) in [5.74, 6) is 0.948. The van der Waals surface area contributed by atoms with Gasteiger partial charge >= 0.3 is 10.2 Å². The molecule has 1 aliphatic carbocycles. The average Bonchev–Trinajstić information content (AvgIpc) is 3.57. The fourth-order valence-corrected chi connectivity index (χ4v) is 8.30. The second-order valence-electron chi connectivity index (χ2n) is 12.7. The zero-order valence-corrected chi connectivity index (χ0v) is 26.2. The minimum atomic E-state index is -3.76. The van der Waals surface area contributed by atoms with Crippen molar-refractivity contribution in [3.63, 3.8) is 0 Å². The van der Waals surface area contributed by atoms with Crippen LogP contribution in [-0.4, -0.2) is 92.8 Å². The zero-order chi connectivity index (χ0) is 29.9. The second kappa shape index (κ2) is 10.7. The Bertz CT molecular complexity index is 1680. The van der Waals surface area contributed by atoms with E-state index in [4.69, 9.17) is 9.97 Å². The molecule has 11 heteroatoms. The van der Waals surface area contributed by atoms with Crippen LogP contribution in [-0.2, 0) is 20.4 Å². The number of likely N-dealkylation sites (N-methyl/N-ethyl adjacent to an activating group) is 1. The molecule has 3 aromatic rings. The highest BCUT2D eigenvalue weighted by Gasteiger charge is 2.60. The van der Waals surface area contributed by atoms with Gasteiger partial charge in [-0.3, -0.25) is 14.5 Å². The molecule has 2 aromatic heterocycles. The third kappa shape index (κ3) is 4.95. The smallest absolute Gasteiger partial charge is 0.301 e. The lowest BCUT2D eigenvalue weighted by Gasteiger charge is -2.41. The van der Waals surface area contributed by atoms with E-state index in [0.29, 0.717) is 37.1 Å². The van der Waals surface area contributed by atoms with Crippen molar-refractivity contribution in [1.29, 1.82) is 0 Å². The third-order valence-electron chi connectivity index (χ3n) is 10.1. The number of benzene rings is 1. The maximum Gasteiger partial charge on any atom is 0.301 e. The fourth-order valence-electron chi connectivity index (χ4n) is 7.38. The molecule has 10 nitrogen and oxygen atoms in total. The van der Waals surface area contributed by atoms with Gasteiger partial charge in [0.05, 0.1) is 28.5 Å². The lowest BCUT2D eigenvalue weighted by Crippen LogP contribution is -2.47. The number of likely N-dealkylation sites (tertiary alicyclic amines) is 1. The fraction of sp³-hybridized carbons (Fsp3) is 0.531. The summed E-state index contributed by atoms with van der Waals surface area (Å²) in [5, 5.41) is 0.974. The molecular formula is C32H41N7O3S. The van der Waals surface area contributed by atoms with Crippen molar-refractivity contribution in [3.8, 4) is 11.1 Å². The monoisotopic (exact) mass is 603 g/mol. The first-order valence-corrected chi connectivity index (χ1v) is 17.1. The van der Waals surface area contributed by atoms with Crippen molar-refractivity contribution in [2.45, 2.75) is 56.9 Å². The summed E-state index contributed by atoms with van der Waals surface area (Å²) in [6.07, 6.45) is 10.3. The maximum absolute atomic E-state index is 13.2. The summed E-state index contributed by atoms with van der Waals surface area (Å²) in [7, 11) is -0.168. The first-order valence-electron chi connectivity index (χ1n) is 15.6. The van der Waals surface area contributed by atoms with Crippen LogP contribution < -0.4 is 14.5 Å². The number of aromatic nitrogens is 2. The Kier molecular flexibility index (Phi) is 7.10. The van der Waals surface area contributed by atoms with Crippen LogP contribution in [0, 0.1) is 0 Å². The summed E-state index contributed by atoms with van der Waals surface area (Å²) in [6, 6.07) is 8.56. The molecule has 43 heavy (non-hydrogen) atoms. The van der Waals surface area contributed by atoms with E-state index in [0.717, 1.165) is 59.2 Å². The van der Waals surface area contributed by atoms with Crippen LogP contribution in [0.5, 0.6) is 0 Å². The van der Waals surface area contributed by atoms with Crippen LogP contribution in [0.3, 0.4) is 0 Å². The zero-order valence-electron chi connectivity index (χ0n) is 25.3. The Morgan fingerprint density at radius 3 is 2.47 bits per heavy atom. The van der Waals surface area contributed by atoms with E-state index in [-0.39, 0.29) is 5.78 Å². The molecule has 1 atom stereocenters. The molecule has 7 rings (SSSR count). The summed E-state index contributed by atoms with van der Waals surface area (Å²) >= 11 is 0. The highest BCUT2D eigenvalue weighted by atomic mass is 32.2. The van der Waals surface area contributed by atoms with Gasteiger partial charge < -0.3 is 14.7 Å². The van der Waals surface area contributed by atoms with Crippen LogP contribution in [0.2, 0.25) is 0 Å². The Labute approximate surface area is 254 Å². The number of carbonyl (C=O) groups is 1. The first kappa shape index (κ1) is 28.5. The molecule has 0 radical (unpaired) electrons. The van der Waals surface area contributed by atoms with Crippen molar-refractivity contribution in [2.75, 3.05) is 67.9 Å². The van der Waals surface area contributed by atoms with Gasteiger partial charge in [0, 0.05) is 75.4 Å². The van der Waals surface area contributed by atoms with Crippen LogP contribution in [0.4, 0.5) is 17.2 Å². The second-order valence-corrected chi connectivity index (χ2v) is 14.5. The number of anilines is 3. The SMILES string of the molecule is CCN(C)S(=O)(=O)Nc1cc(-c2ccc3ncc4c(c3c2)C2(CC2=O)CN4C)cnc1N1CCC(N2CCCCC2)CC1. The number of nitrogens with zero attached hydrogens (tertiary/aromatic N) is 6. The Hall–Kier alpha value is -3.28. The Morgan fingerprint density at radius 1 is 1.02 bits per heavy atom. The predicted molar refractivity (Wildman–Crippen MR) is 171 cm³/mol. The number of hydrogen-bond donors (Lipinski definition) is 1. The van der Waals surface area contributed by atoms with Crippen molar-refractivity contribution >= 4 is 44.1 Å². The topological polar surface area (TPSA) is 102 Å². The molecule has 3 fully saturated rings. The minimum Gasteiger partial charge on any atom is -0.372 e. The van der Waals surface area contributed by atoms with Gasteiger partial charge in [-0.05, 0) is 62.5 Å². The highest BCUT2D eigenvalue weighted by Crippen LogP contribution is 2.55. The molecular weight excluding hydrogens is 562 g/mol. The molecule has 1 spiro atoms. The van der Waals surface area contributed by atoms with Gasteiger partial charge in [-0.25, -0.2) is 4.98 Å². The van der Waals surface area contributed by atoms with Gasteiger partial charge in [0.1, 0.15) is 5.78 Å². The van der Waals surface area contributed by atoms with E-state index in [9.17, 15) is 13.2 Å². The van der Waals surface area contributed by atoms with E-state index in [1.807, 2.05) is 44.6 Å². The van der Waals surface area contributed by atoms with Gasteiger partial charge in [0.2, 0.25) is 0 Å². The van der Waals surface area contributed by atoms with Crippen LogP contribution in [0.1, 0.15) is 51.0 Å². The Morgan fingerprint density at radius 2 is 1.77 bits per heavy atom. The lowest BCUT2D eigenvalue weighted by molar-refractivity contribution is -0.111. The van der Waals surface area contributed by atoms with Gasteiger partial charge in [-0.15, -0.1) is 0 Å².